The molecule has 0 saturated heterocycles. The van der Waals surface area contributed by atoms with Gasteiger partial charge in [0.1, 0.15) is 11.6 Å². The number of oxazole rings is 1. The number of nitrogens with zero attached hydrogens (tertiary/aromatic N) is 2. The zero-order chi connectivity index (χ0) is 11.5. The van der Waals surface area contributed by atoms with Crippen molar-refractivity contribution in [2.45, 2.75) is 20.4 Å². The molecular weight excluding hydrogens is 208 g/mol. The summed E-state index contributed by atoms with van der Waals surface area (Å²) in [5.74, 6) is 1.88. The summed E-state index contributed by atoms with van der Waals surface area (Å²) in [5, 5.41) is 2.95. The van der Waals surface area contributed by atoms with Gasteiger partial charge in [0.2, 0.25) is 5.89 Å². The summed E-state index contributed by atoms with van der Waals surface area (Å²) in [7, 11) is 0. The molecule has 0 spiro atoms. The summed E-state index contributed by atoms with van der Waals surface area (Å²) in [6, 6.07) is 1.38. The predicted octanol–water partition coefficient (Wildman–Crippen LogP) is 0.987. The zero-order valence-electron chi connectivity index (χ0n) is 9.07. The van der Waals surface area contributed by atoms with E-state index in [9.17, 15) is 4.79 Å². The maximum absolute atomic E-state index is 11.0. The first-order valence-electron chi connectivity index (χ1n) is 4.86. The summed E-state index contributed by atoms with van der Waals surface area (Å²) in [5.41, 5.74) is 0.674. The fourth-order valence-corrected chi connectivity index (χ4v) is 1.25. The lowest BCUT2D eigenvalue weighted by molar-refractivity contribution is 0.478. The summed E-state index contributed by atoms with van der Waals surface area (Å²) < 4.78 is 5.38. The van der Waals surface area contributed by atoms with Crippen molar-refractivity contribution >= 4 is 5.82 Å². The van der Waals surface area contributed by atoms with Crippen LogP contribution in [-0.4, -0.2) is 15.0 Å². The number of hydrogen-bond acceptors (Lipinski definition) is 5. The van der Waals surface area contributed by atoms with Gasteiger partial charge < -0.3 is 14.7 Å². The maximum Gasteiger partial charge on any atom is 0.252 e. The van der Waals surface area contributed by atoms with Crippen LogP contribution in [0.15, 0.2) is 21.6 Å². The minimum absolute atomic E-state index is 0.197. The van der Waals surface area contributed by atoms with Crippen molar-refractivity contribution in [2.24, 2.45) is 0 Å². The predicted molar refractivity (Wildman–Crippen MR) is 58.2 cm³/mol. The van der Waals surface area contributed by atoms with Gasteiger partial charge in [0.05, 0.1) is 18.6 Å². The lowest BCUT2D eigenvalue weighted by Crippen LogP contribution is -2.09. The summed E-state index contributed by atoms with van der Waals surface area (Å²) in [6.45, 7) is 4.15. The highest BCUT2D eigenvalue weighted by Crippen LogP contribution is 2.09. The van der Waals surface area contributed by atoms with Gasteiger partial charge in [-0.1, -0.05) is 0 Å². The molecule has 2 aromatic heterocycles. The molecule has 0 aliphatic carbocycles. The van der Waals surface area contributed by atoms with E-state index in [0.717, 1.165) is 11.5 Å². The monoisotopic (exact) mass is 220 g/mol. The standard InChI is InChI=1S/C10H12N4O2/c1-6-7(2)16-10(14-6)4-11-8-3-9(15)13-5-12-8/h3,5H,4H2,1-2H3,(H2,11,12,13,15). The molecule has 0 aliphatic rings. The Morgan fingerprint density at radius 1 is 1.50 bits per heavy atom. The minimum atomic E-state index is -0.197. The van der Waals surface area contributed by atoms with E-state index in [2.05, 4.69) is 20.3 Å². The van der Waals surface area contributed by atoms with Crippen molar-refractivity contribution < 1.29 is 4.42 Å². The van der Waals surface area contributed by atoms with Gasteiger partial charge >= 0.3 is 0 Å². The van der Waals surface area contributed by atoms with Crippen LogP contribution in [-0.2, 0) is 6.54 Å². The van der Waals surface area contributed by atoms with Crippen LogP contribution in [0, 0.1) is 13.8 Å². The Morgan fingerprint density at radius 3 is 2.94 bits per heavy atom. The Bertz CT molecular complexity index is 524. The van der Waals surface area contributed by atoms with E-state index in [1.165, 1.54) is 12.4 Å². The van der Waals surface area contributed by atoms with Crippen molar-refractivity contribution in [2.75, 3.05) is 5.32 Å². The first kappa shape index (κ1) is 10.4. The van der Waals surface area contributed by atoms with Crippen LogP contribution < -0.4 is 10.9 Å². The lowest BCUT2D eigenvalue weighted by atomic mass is 10.4. The molecular formula is C10H12N4O2. The highest BCUT2D eigenvalue weighted by Gasteiger charge is 2.05. The van der Waals surface area contributed by atoms with Crippen LogP contribution in [0.25, 0.3) is 0 Å². The molecule has 0 unspecified atom stereocenters. The van der Waals surface area contributed by atoms with Crippen molar-refractivity contribution in [3.8, 4) is 0 Å². The Kier molecular flexibility index (Phi) is 2.72. The molecule has 0 saturated carbocycles. The van der Waals surface area contributed by atoms with Gasteiger partial charge in [-0.3, -0.25) is 4.79 Å². The smallest absolute Gasteiger partial charge is 0.252 e. The van der Waals surface area contributed by atoms with Crippen LogP contribution in [0.2, 0.25) is 0 Å². The largest absolute Gasteiger partial charge is 0.444 e. The molecule has 0 bridgehead atoms. The number of hydrogen-bond donors (Lipinski definition) is 2. The molecule has 0 aliphatic heterocycles. The third-order valence-corrected chi connectivity index (χ3v) is 2.17. The number of nitrogens with one attached hydrogen (secondary N) is 2. The van der Waals surface area contributed by atoms with E-state index in [4.69, 9.17) is 4.42 Å². The third kappa shape index (κ3) is 2.28. The fraction of sp³-hybridized carbons (Fsp3) is 0.300. The van der Waals surface area contributed by atoms with Crippen LogP contribution in [0.1, 0.15) is 17.3 Å². The Labute approximate surface area is 91.7 Å². The van der Waals surface area contributed by atoms with Gasteiger partial charge in [-0.2, -0.15) is 0 Å². The molecule has 0 fully saturated rings. The van der Waals surface area contributed by atoms with Gasteiger partial charge in [-0.05, 0) is 13.8 Å². The number of aromatic amines is 1. The normalized spacial score (nSPS) is 10.4. The van der Waals surface area contributed by atoms with E-state index in [-0.39, 0.29) is 5.56 Å². The molecule has 6 heteroatoms. The van der Waals surface area contributed by atoms with E-state index in [1.807, 2.05) is 13.8 Å². The number of aromatic nitrogens is 3. The number of aryl methyl sites for hydroxylation is 2. The minimum Gasteiger partial charge on any atom is -0.444 e. The lowest BCUT2D eigenvalue weighted by Gasteiger charge is -2.00. The molecule has 0 radical (unpaired) electrons. The van der Waals surface area contributed by atoms with E-state index >= 15 is 0 Å². The number of H-pyrrole nitrogens is 1. The molecule has 2 N–H and O–H groups in total. The Morgan fingerprint density at radius 2 is 2.31 bits per heavy atom. The second kappa shape index (κ2) is 4.18. The van der Waals surface area contributed by atoms with Crippen molar-refractivity contribution in [1.29, 1.82) is 0 Å². The Hall–Kier alpha value is -2.11. The van der Waals surface area contributed by atoms with Crippen molar-refractivity contribution in [3.05, 3.63) is 40.1 Å². The molecule has 2 aromatic rings. The molecule has 16 heavy (non-hydrogen) atoms. The van der Waals surface area contributed by atoms with E-state index < -0.39 is 0 Å². The second-order valence-corrected chi connectivity index (χ2v) is 3.40. The van der Waals surface area contributed by atoms with Gasteiger partial charge in [0, 0.05) is 6.07 Å². The second-order valence-electron chi connectivity index (χ2n) is 3.40. The molecule has 84 valence electrons. The van der Waals surface area contributed by atoms with E-state index in [1.54, 1.807) is 0 Å². The summed E-state index contributed by atoms with van der Waals surface area (Å²) in [6.07, 6.45) is 1.34. The quantitative estimate of drug-likeness (QED) is 0.805. The molecule has 0 amide bonds. The topological polar surface area (TPSA) is 83.8 Å². The van der Waals surface area contributed by atoms with Crippen molar-refractivity contribution in [1.82, 2.24) is 15.0 Å². The fourth-order valence-electron chi connectivity index (χ4n) is 1.25. The molecule has 0 atom stereocenters. The van der Waals surface area contributed by atoms with Gasteiger partial charge in [-0.15, -0.1) is 0 Å². The molecule has 6 nitrogen and oxygen atoms in total. The van der Waals surface area contributed by atoms with Gasteiger partial charge in [0.15, 0.2) is 0 Å². The van der Waals surface area contributed by atoms with Crippen LogP contribution in [0.4, 0.5) is 5.82 Å². The molecule has 2 rings (SSSR count). The van der Waals surface area contributed by atoms with Crippen LogP contribution in [0.5, 0.6) is 0 Å². The average molecular weight is 220 g/mol. The van der Waals surface area contributed by atoms with E-state index in [0.29, 0.717) is 18.3 Å². The molecule has 2 heterocycles. The highest BCUT2D eigenvalue weighted by atomic mass is 16.4. The summed E-state index contributed by atoms with van der Waals surface area (Å²) >= 11 is 0. The average Bonchev–Trinajstić information content (AvgIpc) is 2.56. The zero-order valence-corrected chi connectivity index (χ0v) is 9.07. The number of anilines is 1. The Balaban J connectivity index is 2.05. The maximum atomic E-state index is 11.0. The first-order chi connectivity index (χ1) is 7.65. The molecule has 0 aromatic carbocycles. The SMILES string of the molecule is Cc1nc(CNc2cc(=O)[nH]cn2)oc1C. The van der Waals surface area contributed by atoms with Crippen LogP contribution in [0.3, 0.4) is 0 Å². The number of rotatable bonds is 3. The third-order valence-electron chi connectivity index (χ3n) is 2.17. The summed E-state index contributed by atoms with van der Waals surface area (Å²) in [4.78, 5) is 21.6. The van der Waals surface area contributed by atoms with Crippen molar-refractivity contribution in [3.63, 3.8) is 0 Å². The van der Waals surface area contributed by atoms with Gasteiger partial charge in [-0.25, -0.2) is 9.97 Å². The first-order valence-corrected chi connectivity index (χ1v) is 4.86. The van der Waals surface area contributed by atoms with Gasteiger partial charge in [0.25, 0.3) is 5.56 Å². The highest BCUT2D eigenvalue weighted by molar-refractivity contribution is 5.31. The van der Waals surface area contributed by atoms with Crippen LogP contribution >= 0.6 is 0 Å².